The van der Waals surface area contributed by atoms with Crippen LogP contribution in [0.2, 0.25) is 0 Å². The van der Waals surface area contributed by atoms with Gasteiger partial charge in [0.2, 0.25) is 5.91 Å². The third-order valence-electron chi connectivity index (χ3n) is 4.53. The Balaban J connectivity index is 1.80. The van der Waals surface area contributed by atoms with Crippen molar-refractivity contribution in [3.05, 3.63) is 56.7 Å². The number of carbonyl (C=O) groups excluding carboxylic acids is 1. The number of thiophene rings is 1. The number of hydrogen-bond acceptors (Lipinski definition) is 5. The lowest BCUT2D eigenvalue weighted by atomic mass is 10.2. The van der Waals surface area contributed by atoms with E-state index in [0.717, 1.165) is 20.8 Å². The Hall–Kier alpha value is -2.12. The number of rotatable bonds is 6. The van der Waals surface area contributed by atoms with E-state index in [0.29, 0.717) is 23.6 Å². The summed E-state index contributed by atoms with van der Waals surface area (Å²) in [6.07, 6.45) is 0. The number of nitrogens with one attached hydrogen (secondary N) is 1. The first kappa shape index (κ1) is 19.6. The van der Waals surface area contributed by atoms with E-state index in [1.165, 1.54) is 23.1 Å². The highest BCUT2D eigenvalue weighted by molar-refractivity contribution is 8.00. The molecule has 2 heterocycles. The standard InChI is InChI=1S/C20H23N3O2S2/c1-5-23-19(25)16-12(2)13(3)26-18(16)22-20(23)27-14(4)17(24)21-11-15-9-7-6-8-10-15/h6-10,14H,5,11H2,1-4H3,(H,21,24). The van der Waals surface area contributed by atoms with Crippen LogP contribution in [-0.2, 0) is 17.9 Å². The van der Waals surface area contributed by atoms with Gasteiger partial charge in [0, 0.05) is 18.0 Å². The van der Waals surface area contributed by atoms with Crippen LogP contribution in [0, 0.1) is 13.8 Å². The van der Waals surface area contributed by atoms with Crippen molar-refractivity contribution in [1.82, 2.24) is 14.9 Å². The van der Waals surface area contributed by atoms with E-state index in [1.54, 1.807) is 4.57 Å². The van der Waals surface area contributed by atoms with E-state index in [-0.39, 0.29) is 16.7 Å². The Bertz CT molecular complexity index is 1030. The predicted octanol–water partition coefficient (Wildman–Crippen LogP) is 3.89. The number of thioether (sulfide) groups is 1. The summed E-state index contributed by atoms with van der Waals surface area (Å²) in [7, 11) is 0. The minimum Gasteiger partial charge on any atom is -0.351 e. The Kier molecular flexibility index (Phi) is 6.01. The molecule has 5 nitrogen and oxygen atoms in total. The summed E-state index contributed by atoms with van der Waals surface area (Å²) in [4.78, 5) is 31.9. The van der Waals surface area contributed by atoms with Crippen LogP contribution in [0.15, 0.2) is 40.3 Å². The minimum absolute atomic E-state index is 0.0243. The Morgan fingerprint density at radius 2 is 2.00 bits per heavy atom. The van der Waals surface area contributed by atoms with Gasteiger partial charge in [0.05, 0.1) is 10.6 Å². The van der Waals surface area contributed by atoms with Crippen LogP contribution in [0.25, 0.3) is 10.2 Å². The van der Waals surface area contributed by atoms with Gasteiger partial charge in [-0.3, -0.25) is 14.2 Å². The second kappa shape index (κ2) is 8.27. The van der Waals surface area contributed by atoms with Crippen LogP contribution >= 0.6 is 23.1 Å². The molecule has 0 radical (unpaired) electrons. The van der Waals surface area contributed by atoms with Crippen LogP contribution in [0.4, 0.5) is 0 Å². The van der Waals surface area contributed by atoms with Crippen molar-refractivity contribution in [2.24, 2.45) is 0 Å². The number of aromatic nitrogens is 2. The number of benzene rings is 1. The number of carbonyl (C=O) groups is 1. The molecule has 0 saturated heterocycles. The fraction of sp³-hybridized carbons (Fsp3) is 0.350. The van der Waals surface area contributed by atoms with Crippen LogP contribution in [0.5, 0.6) is 0 Å². The third-order valence-corrected chi connectivity index (χ3v) is 6.72. The second-order valence-corrected chi connectivity index (χ2v) is 8.88. The molecule has 142 valence electrons. The molecule has 2 aromatic heterocycles. The van der Waals surface area contributed by atoms with Crippen LogP contribution < -0.4 is 10.9 Å². The largest absolute Gasteiger partial charge is 0.351 e. The molecule has 0 aliphatic carbocycles. The maximum Gasteiger partial charge on any atom is 0.263 e. The summed E-state index contributed by atoms with van der Waals surface area (Å²) < 4.78 is 1.66. The lowest BCUT2D eigenvalue weighted by Crippen LogP contribution is -2.31. The van der Waals surface area contributed by atoms with E-state index >= 15 is 0 Å². The molecule has 0 spiro atoms. The van der Waals surface area contributed by atoms with Gasteiger partial charge in [0.25, 0.3) is 5.56 Å². The summed E-state index contributed by atoms with van der Waals surface area (Å²) >= 11 is 2.86. The Morgan fingerprint density at radius 1 is 1.30 bits per heavy atom. The highest BCUT2D eigenvalue weighted by Crippen LogP contribution is 2.29. The van der Waals surface area contributed by atoms with E-state index in [4.69, 9.17) is 4.98 Å². The quantitative estimate of drug-likeness (QED) is 0.503. The first-order valence-corrected chi connectivity index (χ1v) is 10.6. The molecule has 0 saturated carbocycles. The van der Waals surface area contributed by atoms with Crippen LogP contribution in [0.1, 0.15) is 29.9 Å². The van der Waals surface area contributed by atoms with Crippen molar-refractivity contribution in [2.45, 2.75) is 51.2 Å². The Labute approximate surface area is 166 Å². The van der Waals surface area contributed by atoms with Crippen molar-refractivity contribution >= 4 is 39.2 Å². The molecule has 1 aromatic carbocycles. The monoisotopic (exact) mass is 401 g/mol. The van der Waals surface area contributed by atoms with Gasteiger partial charge < -0.3 is 5.32 Å². The summed E-state index contributed by atoms with van der Waals surface area (Å²) in [6.45, 7) is 8.74. The zero-order valence-electron chi connectivity index (χ0n) is 15.9. The summed E-state index contributed by atoms with van der Waals surface area (Å²) in [5.41, 5.74) is 2.03. The van der Waals surface area contributed by atoms with Gasteiger partial charge in [-0.05, 0) is 38.8 Å². The van der Waals surface area contributed by atoms with E-state index < -0.39 is 0 Å². The molecular weight excluding hydrogens is 378 g/mol. The lowest BCUT2D eigenvalue weighted by molar-refractivity contribution is -0.120. The van der Waals surface area contributed by atoms with Gasteiger partial charge in [-0.2, -0.15) is 0 Å². The van der Waals surface area contributed by atoms with E-state index in [9.17, 15) is 9.59 Å². The molecule has 1 amide bonds. The zero-order chi connectivity index (χ0) is 19.6. The molecule has 7 heteroatoms. The topological polar surface area (TPSA) is 64.0 Å². The van der Waals surface area contributed by atoms with Crippen molar-refractivity contribution in [3.63, 3.8) is 0 Å². The maximum atomic E-state index is 12.9. The Morgan fingerprint density at radius 3 is 2.67 bits per heavy atom. The molecule has 0 aliphatic rings. The molecule has 1 atom stereocenters. The number of nitrogens with zero attached hydrogens (tertiary/aromatic N) is 2. The number of hydrogen-bond donors (Lipinski definition) is 1. The molecule has 0 bridgehead atoms. The number of amides is 1. The molecule has 3 rings (SSSR count). The highest BCUT2D eigenvalue weighted by Gasteiger charge is 2.20. The molecule has 0 fully saturated rings. The summed E-state index contributed by atoms with van der Waals surface area (Å²) in [5.74, 6) is -0.0700. The molecule has 27 heavy (non-hydrogen) atoms. The summed E-state index contributed by atoms with van der Waals surface area (Å²) in [5, 5.41) is 3.89. The first-order chi connectivity index (χ1) is 12.9. The summed E-state index contributed by atoms with van der Waals surface area (Å²) in [6, 6.07) is 9.80. The first-order valence-electron chi connectivity index (χ1n) is 8.91. The van der Waals surface area contributed by atoms with Crippen LogP contribution in [-0.4, -0.2) is 20.7 Å². The maximum absolute atomic E-state index is 12.9. The van der Waals surface area contributed by atoms with Crippen molar-refractivity contribution in [2.75, 3.05) is 0 Å². The van der Waals surface area contributed by atoms with E-state index in [2.05, 4.69) is 5.32 Å². The van der Waals surface area contributed by atoms with Gasteiger partial charge in [-0.1, -0.05) is 42.1 Å². The zero-order valence-corrected chi connectivity index (χ0v) is 17.5. The van der Waals surface area contributed by atoms with Gasteiger partial charge in [-0.15, -0.1) is 11.3 Å². The fourth-order valence-corrected chi connectivity index (χ4v) is 4.89. The molecule has 1 unspecified atom stereocenters. The fourth-order valence-electron chi connectivity index (χ4n) is 2.82. The van der Waals surface area contributed by atoms with Gasteiger partial charge in [0.1, 0.15) is 4.83 Å². The average Bonchev–Trinajstić information content (AvgIpc) is 2.94. The van der Waals surface area contributed by atoms with Crippen molar-refractivity contribution < 1.29 is 4.79 Å². The molecule has 3 aromatic rings. The highest BCUT2D eigenvalue weighted by atomic mass is 32.2. The minimum atomic E-state index is -0.349. The van der Waals surface area contributed by atoms with Gasteiger partial charge in [0.15, 0.2) is 5.16 Å². The molecular formula is C20H23N3O2S2. The van der Waals surface area contributed by atoms with Crippen LogP contribution in [0.3, 0.4) is 0 Å². The average molecular weight is 402 g/mol. The second-order valence-electron chi connectivity index (χ2n) is 6.37. The van der Waals surface area contributed by atoms with Gasteiger partial charge in [-0.25, -0.2) is 4.98 Å². The molecule has 0 aliphatic heterocycles. The predicted molar refractivity (Wildman–Crippen MR) is 113 cm³/mol. The normalized spacial score (nSPS) is 12.3. The smallest absolute Gasteiger partial charge is 0.263 e. The van der Waals surface area contributed by atoms with E-state index in [1.807, 2.05) is 58.0 Å². The number of fused-ring (bicyclic) bond motifs is 1. The third kappa shape index (κ3) is 4.09. The SMILES string of the molecule is CCn1c(SC(C)C(=O)NCc2ccccc2)nc2sc(C)c(C)c2c1=O. The van der Waals surface area contributed by atoms with Crippen molar-refractivity contribution in [3.8, 4) is 0 Å². The van der Waals surface area contributed by atoms with Crippen molar-refractivity contribution in [1.29, 1.82) is 0 Å². The number of aryl methyl sites for hydroxylation is 2. The molecule has 1 N–H and O–H groups in total. The lowest BCUT2D eigenvalue weighted by Gasteiger charge is -2.15. The van der Waals surface area contributed by atoms with Gasteiger partial charge >= 0.3 is 0 Å².